The maximum absolute atomic E-state index is 12.2. The zero-order valence-corrected chi connectivity index (χ0v) is 13.9. The third kappa shape index (κ3) is 4.57. The minimum Gasteiger partial charge on any atom is -0.352 e. The first-order valence-electron chi connectivity index (χ1n) is 7.42. The smallest absolute Gasteiger partial charge is 0.251 e. The molecule has 0 aliphatic carbocycles. The van der Waals surface area contributed by atoms with E-state index in [4.69, 9.17) is 11.6 Å². The molecule has 0 aliphatic heterocycles. The highest BCUT2D eigenvalue weighted by Crippen LogP contribution is 2.15. The summed E-state index contributed by atoms with van der Waals surface area (Å²) in [5.74, 6) is -0.244. The summed E-state index contributed by atoms with van der Waals surface area (Å²) in [6.07, 6.45) is 0. The second kappa shape index (κ2) is 7.79. The van der Waals surface area contributed by atoms with E-state index in [9.17, 15) is 9.59 Å². The molecular formula is C18H19ClN2O2. The van der Waals surface area contributed by atoms with Gasteiger partial charge in [0.15, 0.2) is 0 Å². The van der Waals surface area contributed by atoms with E-state index >= 15 is 0 Å². The molecule has 23 heavy (non-hydrogen) atoms. The predicted octanol–water partition coefficient (Wildman–Crippen LogP) is 3.33. The lowest BCUT2D eigenvalue weighted by atomic mass is 10.1. The zero-order valence-electron chi connectivity index (χ0n) is 13.2. The van der Waals surface area contributed by atoms with E-state index in [2.05, 4.69) is 10.6 Å². The summed E-state index contributed by atoms with van der Waals surface area (Å²) in [4.78, 5) is 23.9. The fraction of sp³-hybridized carbons (Fsp3) is 0.222. The molecule has 0 saturated carbocycles. The van der Waals surface area contributed by atoms with Crippen LogP contribution >= 0.6 is 11.6 Å². The van der Waals surface area contributed by atoms with Crippen LogP contribution < -0.4 is 10.6 Å². The van der Waals surface area contributed by atoms with Gasteiger partial charge in [-0.1, -0.05) is 23.7 Å². The van der Waals surface area contributed by atoms with Crippen LogP contribution in [0.1, 0.15) is 38.8 Å². The van der Waals surface area contributed by atoms with Gasteiger partial charge in [-0.2, -0.15) is 0 Å². The van der Waals surface area contributed by atoms with Crippen molar-refractivity contribution in [2.75, 3.05) is 6.54 Å². The Morgan fingerprint density at radius 3 is 2.30 bits per heavy atom. The third-order valence-corrected chi connectivity index (χ3v) is 3.67. The van der Waals surface area contributed by atoms with Gasteiger partial charge in [0.2, 0.25) is 0 Å². The number of hydrogen-bond acceptors (Lipinski definition) is 2. The standard InChI is InChI=1S/C18H19ClN2O2/c1-3-20-17(22)14-6-4-13(5-7-14)11-21-18(23)16-9-8-15(19)10-12(16)2/h4-10H,3,11H2,1-2H3,(H,20,22)(H,21,23). The molecule has 2 aromatic carbocycles. The zero-order chi connectivity index (χ0) is 16.8. The van der Waals surface area contributed by atoms with Gasteiger partial charge < -0.3 is 10.6 Å². The summed E-state index contributed by atoms with van der Waals surface area (Å²) in [6.45, 7) is 4.72. The Bertz CT molecular complexity index is 711. The molecule has 2 N–H and O–H groups in total. The minimum absolute atomic E-state index is 0.0973. The molecule has 0 heterocycles. The van der Waals surface area contributed by atoms with Crippen LogP contribution in [0, 0.1) is 6.92 Å². The lowest BCUT2D eigenvalue weighted by Crippen LogP contribution is -2.24. The van der Waals surface area contributed by atoms with Crippen LogP contribution in [0.3, 0.4) is 0 Å². The highest BCUT2D eigenvalue weighted by atomic mass is 35.5. The second-order valence-electron chi connectivity index (χ2n) is 5.20. The second-order valence-corrected chi connectivity index (χ2v) is 5.63. The minimum atomic E-state index is -0.146. The number of amides is 2. The molecular weight excluding hydrogens is 312 g/mol. The first-order valence-corrected chi connectivity index (χ1v) is 7.80. The number of benzene rings is 2. The third-order valence-electron chi connectivity index (χ3n) is 3.44. The molecule has 0 aliphatic rings. The predicted molar refractivity (Wildman–Crippen MR) is 91.8 cm³/mol. The van der Waals surface area contributed by atoms with Crippen LogP contribution in [-0.2, 0) is 6.54 Å². The number of rotatable bonds is 5. The van der Waals surface area contributed by atoms with Gasteiger partial charge in [-0.25, -0.2) is 0 Å². The molecule has 0 radical (unpaired) electrons. The fourth-order valence-electron chi connectivity index (χ4n) is 2.20. The van der Waals surface area contributed by atoms with Crippen LogP contribution in [0.25, 0.3) is 0 Å². The highest BCUT2D eigenvalue weighted by molar-refractivity contribution is 6.30. The van der Waals surface area contributed by atoms with Gasteiger partial charge in [0.05, 0.1) is 0 Å². The largest absolute Gasteiger partial charge is 0.352 e. The number of aryl methyl sites for hydroxylation is 1. The van der Waals surface area contributed by atoms with E-state index in [-0.39, 0.29) is 11.8 Å². The van der Waals surface area contributed by atoms with Crippen molar-refractivity contribution < 1.29 is 9.59 Å². The lowest BCUT2D eigenvalue weighted by molar-refractivity contribution is 0.0943. The SMILES string of the molecule is CCNC(=O)c1ccc(CNC(=O)c2ccc(Cl)cc2C)cc1. The monoisotopic (exact) mass is 330 g/mol. The van der Waals surface area contributed by atoms with Crippen molar-refractivity contribution in [2.24, 2.45) is 0 Å². The number of carbonyl (C=O) groups is 2. The van der Waals surface area contributed by atoms with Gasteiger partial charge in [0.1, 0.15) is 0 Å². The summed E-state index contributed by atoms with van der Waals surface area (Å²) >= 11 is 5.89. The molecule has 0 fully saturated rings. The number of hydrogen-bond donors (Lipinski definition) is 2. The molecule has 0 atom stereocenters. The van der Waals surface area contributed by atoms with E-state index in [0.29, 0.717) is 29.2 Å². The highest BCUT2D eigenvalue weighted by Gasteiger charge is 2.09. The van der Waals surface area contributed by atoms with Gasteiger partial charge in [-0.3, -0.25) is 9.59 Å². The Labute approximate surface area is 140 Å². The van der Waals surface area contributed by atoms with E-state index in [1.165, 1.54) is 0 Å². The van der Waals surface area contributed by atoms with Crippen molar-refractivity contribution in [3.63, 3.8) is 0 Å². The van der Waals surface area contributed by atoms with Crippen LogP contribution in [0.5, 0.6) is 0 Å². The van der Waals surface area contributed by atoms with Gasteiger partial charge in [-0.05, 0) is 55.3 Å². The number of nitrogens with one attached hydrogen (secondary N) is 2. The maximum Gasteiger partial charge on any atom is 0.251 e. The van der Waals surface area contributed by atoms with Gasteiger partial charge in [0, 0.05) is 29.2 Å². The normalized spacial score (nSPS) is 10.2. The van der Waals surface area contributed by atoms with Gasteiger partial charge in [-0.15, -0.1) is 0 Å². The van der Waals surface area contributed by atoms with E-state index < -0.39 is 0 Å². The average Bonchev–Trinajstić information content (AvgIpc) is 2.53. The van der Waals surface area contributed by atoms with Gasteiger partial charge in [0.25, 0.3) is 11.8 Å². The molecule has 0 unspecified atom stereocenters. The molecule has 2 aromatic rings. The number of halogens is 1. The molecule has 2 rings (SSSR count). The maximum atomic E-state index is 12.2. The molecule has 0 aromatic heterocycles. The topological polar surface area (TPSA) is 58.2 Å². The molecule has 0 spiro atoms. The summed E-state index contributed by atoms with van der Waals surface area (Å²) in [5, 5.41) is 6.22. The van der Waals surface area contributed by atoms with Crippen LogP contribution in [0.4, 0.5) is 0 Å². The first kappa shape index (κ1) is 17.0. The molecule has 5 heteroatoms. The Kier molecular flexibility index (Phi) is 5.77. The fourth-order valence-corrected chi connectivity index (χ4v) is 2.42. The molecule has 0 bridgehead atoms. The van der Waals surface area contributed by atoms with Crippen molar-refractivity contribution >= 4 is 23.4 Å². The van der Waals surface area contributed by atoms with Crippen molar-refractivity contribution in [1.29, 1.82) is 0 Å². The Morgan fingerprint density at radius 2 is 1.70 bits per heavy atom. The summed E-state index contributed by atoms with van der Waals surface area (Å²) in [7, 11) is 0. The van der Waals surface area contributed by atoms with Crippen molar-refractivity contribution in [3.8, 4) is 0 Å². The Morgan fingerprint density at radius 1 is 1.00 bits per heavy atom. The summed E-state index contributed by atoms with van der Waals surface area (Å²) in [5.41, 5.74) is 2.98. The molecule has 2 amide bonds. The van der Waals surface area contributed by atoms with E-state index in [0.717, 1.165) is 11.1 Å². The summed E-state index contributed by atoms with van der Waals surface area (Å²) < 4.78 is 0. The molecule has 120 valence electrons. The van der Waals surface area contributed by atoms with Crippen molar-refractivity contribution in [1.82, 2.24) is 10.6 Å². The first-order chi connectivity index (χ1) is 11.0. The van der Waals surface area contributed by atoms with E-state index in [1.54, 1.807) is 30.3 Å². The van der Waals surface area contributed by atoms with Crippen molar-refractivity contribution in [2.45, 2.75) is 20.4 Å². The quantitative estimate of drug-likeness (QED) is 0.883. The Balaban J connectivity index is 1.97. The van der Waals surface area contributed by atoms with Crippen LogP contribution in [-0.4, -0.2) is 18.4 Å². The summed E-state index contributed by atoms with van der Waals surface area (Å²) in [6, 6.07) is 12.3. The van der Waals surface area contributed by atoms with E-state index in [1.807, 2.05) is 26.0 Å². The molecule has 4 nitrogen and oxygen atoms in total. The van der Waals surface area contributed by atoms with Gasteiger partial charge >= 0.3 is 0 Å². The number of carbonyl (C=O) groups excluding carboxylic acids is 2. The lowest BCUT2D eigenvalue weighted by Gasteiger charge is -2.09. The Hall–Kier alpha value is -2.33. The van der Waals surface area contributed by atoms with Crippen LogP contribution in [0.2, 0.25) is 5.02 Å². The van der Waals surface area contributed by atoms with Crippen LogP contribution in [0.15, 0.2) is 42.5 Å². The van der Waals surface area contributed by atoms with Crippen molar-refractivity contribution in [3.05, 3.63) is 69.7 Å². The molecule has 0 saturated heterocycles. The average molecular weight is 331 g/mol.